The quantitative estimate of drug-likeness (QED) is 0.903. The number of carbonyl (C=O) groups is 1. The van der Waals surface area contributed by atoms with Crippen LogP contribution in [0.2, 0.25) is 5.02 Å². The monoisotopic (exact) mass is 263 g/mol. The highest BCUT2D eigenvalue weighted by Gasteiger charge is 2.10. The highest BCUT2D eigenvalue weighted by atomic mass is 35.5. The van der Waals surface area contributed by atoms with E-state index < -0.39 is 5.82 Å². The van der Waals surface area contributed by atoms with Crippen LogP contribution in [0.25, 0.3) is 0 Å². The second kappa shape index (κ2) is 5.65. The van der Waals surface area contributed by atoms with Crippen LogP contribution >= 0.6 is 11.6 Å². The molecule has 0 aliphatic heterocycles. The second-order valence-corrected chi connectivity index (χ2v) is 4.20. The molecule has 0 atom stereocenters. The topological polar surface area (TPSA) is 29.1 Å². The van der Waals surface area contributed by atoms with Crippen LogP contribution in [-0.4, -0.2) is 5.91 Å². The van der Waals surface area contributed by atoms with Crippen molar-refractivity contribution in [2.75, 3.05) is 0 Å². The van der Waals surface area contributed by atoms with Gasteiger partial charge in [0.2, 0.25) is 0 Å². The smallest absolute Gasteiger partial charge is 0.253 e. The van der Waals surface area contributed by atoms with E-state index in [9.17, 15) is 9.18 Å². The third-order valence-corrected chi connectivity index (χ3v) is 2.78. The van der Waals surface area contributed by atoms with E-state index in [0.29, 0.717) is 6.54 Å². The van der Waals surface area contributed by atoms with Crippen molar-refractivity contribution in [2.45, 2.75) is 6.54 Å². The predicted molar refractivity (Wildman–Crippen MR) is 69.0 cm³/mol. The lowest BCUT2D eigenvalue weighted by molar-refractivity contribution is 0.0951. The van der Waals surface area contributed by atoms with Gasteiger partial charge in [-0.1, -0.05) is 41.9 Å². The van der Waals surface area contributed by atoms with Crippen LogP contribution in [-0.2, 0) is 6.54 Å². The number of benzene rings is 2. The number of hydrogen-bond acceptors (Lipinski definition) is 1. The van der Waals surface area contributed by atoms with Crippen LogP contribution in [0.1, 0.15) is 15.9 Å². The van der Waals surface area contributed by atoms with Gasteiger partial charge in [-0.2, -0.15) is 0 Å². The van der Waals surface area contributed by atoms with E-state index in [4.69, 9.17) is 11.6 Å². The summed E-state index contributed by atoms with van der Waals surface area (Å²) >= 11 is 5.81. The molecule has 0 aromatic heterocycles. The second-order valence-electron chi connectivity index (χ2n) is 3.79. The van der Waals surface area contributed by atoms with Gasteiger partial charge >= 0.3 is 0 Å². The zero-order chi connectivity index (χ0) is 13.0. The van der Waals surface area contributed by atoms with Crippen LogP contribution in [0.15, 0.2) is 48.5 Å². The maximum Gasteiger partial charge on any atom is 0.253 e. The summed E-state index contributed by atoms with van der Waals surface area (Å²) in [5.41, 5.74) is 1.26. The van der Waals surface area contributed by atoms with Gasteiger partial charge in [-0.25, -0.2) is 4.39 Å². The highest BCUT2D eigenvalue weighted by Crippen LogP contribution is 2.17. The Morgan fingerprint density at radius 2 is 1.89 bits per heavy atom. The van der Waals surface area contributed by atoms with Gasteiger partial charge in [-0.05, 0) is 23.8 Å². The molecule has 2 nitrogen and oxygen atoms in total. The van der Waals surface area contributed by atoms with Crippen molar-refractivity contribution in [3.8, 4) is 0 Å². The van der Waals surface area contributed by atoms with Crippen molar-refractivity contribution in [3.63, 3.8) is 0 Å². The molecule has 2 aromatic rings. The lowest BCUT2D eigenvalue weighted by Gasteiger charge is -2.06. The summed E-state index contributed by atoms with van der Waals surface area (Å²) in [6, 6.07) is 13.2. The van der Waals surface area contributed by atoms with Gasteiger partial charge in [-0.3, -0.25) is 4.79 Å². The Kier molecular flexibility index (Phi) is 3.95. The first-order chi connectivity index (χ1) is 8.66. The SMILES string of the molecule is O=C(NCc1ccccc1)c1ccc(F)cc1Cl. The summed E-state index contributed by atoms with van der Waals surface area (Å²) in [4.78, 5) is 11.8. The number of hydrogen-bond donors (Lipinski definition) is 1. The fourth-order valence-electron chi connectivity index (χ4n) is 1.55. The summed E-state index contributed by atoms with van der Waals surface area (Å²) in [5.74, 6) is -0.775. The molecule has 18 heavy (non-hydrogen) atoms. The molecule has 0 saturated carbocycles. The molecule has 0 spiro atoms. The van der Waals surface area contributed by atoms with Crippen LogP contribution in [0.4, 0.5) is 4.39 Å². The lowest BCUT2D eigenvalue weighted by atomic mass is 10.2. The van der Waals surface area contributed by atoms with Crippen molar-refractivity contribution >= 4 is 17.5 Å². The van der Waals surface area contributed by atoms with Crippen LogP contribution in [0.3, 0.4) is 0 Å². The Morgan fingerprint density at radius 3 is 2.56 bits per heavy atom. The fourth-order valence-corrected chi connectivity index (χ4v) is 1.80. The van der Waals surface area contributed by atoms with Crippen molar-refractivity contribution < 1.29 is 9.18 Å². The van der Waals surface area contributed by atoms with Gasteiger partial charge in [0.15, 0.2) is 0 Å². The fraction of sp³-hybridized carbons (Fsp3) is 0.0714. The largest absolute Gasteiger partial charge is 0.348 e. The summed E-state index contributed by atoms with van der Waals surface area (Å²) in [6.45, 7) is 0.410. The zero-order valence-electron chi connectivity index (χ0n) is 9.49. The Bertz CT molecular complexity index is 557. The molecule has 4 heteroatoms. The summed E-state index contributed by atoms with van der Waals surface area (Å²) in [6.07, 6.45) is 0. The van der Waals surface area contributed by atoms with Crippen molar-refractivity contribution in [1.82, 2.24) is 5.32 Å². The molecule has 2 aromatic carbocycles. The highest BCUT2D eigenvalue weighted by molar-refractivity contribution is 6.33. The molecule has 1 N–H and O–H groups in total. The first-order valence-electron chi connectivity index (χ1n) is 5.44. The Morgan fingerprint density at radius 1 is 1.17 bits per heavy atom. The van der Waals surface area contributed by atoms with Crippen LogP contribution in [0, 0.1) is 5.82 Å². The van der Waals surface area contributed by atoms with E-state index in [0.717, 1.165) is 11.6 Å². The Balaban J connectivity index is 2.04. The van der Waals surface area contributed by atoms with Crippen molar-refractivity contribution in [3.05, 3.63) is 70.5 Å². The summed E-state index contributed by atoms with van der Waals surface area (Å²) in [7, 11) is 0. The van der Waals surface area contributed by atoms with Crippen molar-refractivity contribution in [1.29, 1.82) is 0 Å². The molecule has 0 radical (unpaired) electrons. The maximum absolute atomic E-state index is 12.8. The molecule has 0 saturated heterocycles. The number of amides is 1. The van der Waals surface area contributed by atoms with Gasteiger partial charge in [0.05, 0.1) is 10.6 Å². The number of carbonyl (C=O) groups excluding carboxylic acids is 1. The van der Waals surface area contributed by atoms with Gasteiger partial charge in [0, 0.05) is 6.54 Å². The average molecular weight is 264 g/mol. The molecule has 0 bridgehead atoms. The molecular formula is C14H11ClFNO. The average Bonchev–Trinajstić information content (AvgIpc) is 2.37. The molecule has 0 aliphatic carbocycles. The normalized spacial score (nSPS) is 10.1. The lowest BCUT2D eigenvalue weighted by Crippen LogP contribution is -2.23. The van der Waals surface area contributed by atoms with Crippen LogP contribution < -0.4 is 5.32 Å². The maximum atomic E-state index is 12.8. The molecule has 0 aliphatic rings. The first-order valence-corrected chi connectivity index (χ1v) is 5.82. The minimum Gasteiger partial charge on any atom is -0.348 e. The Labute approximate surface area is 109 Å². The van der Waals surface area contributed by atoms with E-state index in [1.165, 1.54) is 12.1 Å². The minimum atomic E-state index is -0.459. The number of rotatable bonds is 3. The van der Waals surface area contributed by atoms with E-state index in [1.807, 2.05) is 30.3 Å². The number of halogens is 2. The van der Waals surface area contributed by atoms with E-state index >= 15 is 0 Å². The van der Waals surface area contributed by atoms with Gasteiger partial charge < -0.3 is 5.32 Å². The molecule has 0 heterocycles. The van der Waals surface area contributed by atoms with Gasteiger partial charge in [0.1, 0.15) is 5.82 Å². The van der Waals surface area contributed by atoms with E-state index in [1.54, 1.807) is 0 Å². The molecule has 2 rings (SSSR count). The minimum absolute atomic E-state index is 0.112. The first kappa shape index (κ1) is 12.6. The summed E-state index contributed by atoms with van der Waals surface area (Å²) in [5, 5.41) is 2.84. The third kappa shape index (κ3) is 3.08. The van der Waals surface area contributed by atoms with Gasteiger partial charge in [-0.15, -0.1) is 0 Å². The standard InChI is InChI=1S/C14H11ClFNO/c15-13-8-11(16)6-7-12(13)14(18)17-9-10-4-2-1-3-5-10/h1-8H,9H2,(H,17,18). The molecule has 0 unspecified atom stereocenters. The summed E-state index contributed by atoms with van der Waals surface area (Å²) < 4.78 is 12.8. The van der Waals surface area contributed by atoms with E-state index in [-0.39, 0.29) is 16.5 Å². The van der Waals surface area contributed by atoms with Gasteiger partial charge in [0.25, 0.3) is 5.91 Å². The Hall–Kier alpha value is -1.87. The van der Waals surface area contributed by atoms with Crippen LogP contribution in [0.5, 0.6) is 0 Å². The molecular weight excluding hydrogens is 253 g/mol. The number of nitrogens with one attached hydrogen (secondary N) is 1. The molecule has 92 valence electrons. The molecule has 0 fully saturated rings. The predicted octanol–water partition coefficient (Wildman–Crippen LogP) is 3.41. The third-order valence-electron chi connectivity index (χ3n) is 2.47. The van der Waals surface area contributed by atoms with E-state index in [2.05, 4.69) is 5.32 Å². The zero-order valence-corrected chi connectivity index (χ0v) is 10.2. The van der Waals surface area contributed by atoms with Crippen molar-refractivity contribution in [2.24, 2.45) is 0 Å². The molecule has 1 amide bonds.